The number of aryl methyl sites for hydroxylation is 1. The molecule has 0 saturated carbocycles. The Balaban J connectivity index is 1.48. The van der Waals surface area contributed by atoms with Crippen molar-refractivity contribution < 1.29 is 4.42 Å². The Morgan fingerprint density at radius 3 is 2.10 bits per heavy atom. The minimum absolute atomic E-state index is 0.142. The van der Waals surface area contributed by atoms with E-state index in [1.54, 1.807) is 0 Å². The maximum atomic E-state index is 6.49. The molecule has 186 valence electrons. The van der Waals surface area contributed by atoms with Gasteiger partial charge in [0.15, 0.2) is 0 Å². The van der Waals surface area contributed by atoms with Crippen LogP contribution in [-0.2, 0) is 5.41 Å². The quantitative estimate of drug-likeness (QED) is 0.230. The summed E-state index contributed by atoms with van der Waals surface area (Å²) in [4.78, 5) is 0. The monoisotopic (exact) mass is 500 g/mol. The van der Waals surface area contributed by atoms with Crippen molar-refractivity contribution in [3.05, 3.63) is 132 Å². The van der Waals surface area contributed by atoms with Gasteiger partial charge in [-0.25, -0.2) is 0 Å². The maximum absolute atomic E-state index is 6.49. The van der Waals surface area contributed by atoms with Crippen molar-refractivity contribution in [2.75, 3.05) is 0 Å². The summed E-state index contributed by atoms with van der Waals surface area (Å²) in [6, 6.07) is 41.9. The average Bonchev–Trinajstić information content (AvgIpc) is 3.47. The van der Waals surface area contributed by atoms with E-state index >= 15 is 0 Å². The van der Waals surface area contributed by atoms with E-state index in [1.165, 1.54) is 66.2 Å². The first-order valence-electron chi connectivity index (χ1n) is 13.7. The molecule has 39 heavy (non-hydrogen) atoms. The predicted octanol–water partition coefficient (Wildman–Crippen LogP) is 10.7. The SMILES string of the molecule is Cc1cccc2oc3c4ccccc4c(-c4cccc5c4C(C)(C)c4cccc(-c6ccccc6)c4-5)cc3c12. The van der Waals surface area contributed by atoms with Crippen molar-refractivity contribution in [3.8, 4) is 33.4 Å². The molecule has 1 nitrogen and oxygen atoms in total. The fourth-order valence-corrected chi connectivity index (χ4v) is 7.06. The molecule has 0 atom stereocenters. The zero-order valence-electron chi connectivity index (χ0n) is 22.4. The molecule has 0 bridgehead atoms. The molecule has 0 spiro atoms. The first-order valence-corrected chi connectivity index (χ1v) is 13.7. The summed E-state index contributed by atoms with van der Waals surface area (Å²) in [6.45, 7) is 6.94. The molecule has 1 heterocycles. The number of rotatable bonds is 2. The van der Waals surface area contributed by atoms with Crippen LogP contribution in [0, 0.1) is 6.92 Å². The second kappa shape index (κ2) is 7.94. The molecule has 0 radical (unpaired) electrons. The number of hydrogen-bond acceptors (Lipinski definition) is 1. The van der Waals surface area contributed by atoms with Crippen molar-refractivity contribution in [1.82, 2.24) is 0 Å². The van der Waals surface area contributed by atoms with Gasteiger partial charge in [-0.1, -0.05) is 117 Å². The summed E-state index contributed by atoms with van der Waals surface area (Å²) in [5.74, 6) is 0. The average molecular weight is 501 g/mol. The number of benzene rings is 6. The summed E-state index contributed by atoms with van der Waals surface area (Å²) in [6.07, 6.45) is 0. The van der Waals surface area contributed by atoms with Gasteiger partial charge in [0, 0.05) is 21.6 Å². The number of hydrogen-bond donors (Lipinski definition) is 0. The number of fused-ring (bicyclic) bond motifs is 8. The van der Waals surface area contributed by atoms with Gasteiger partial charge in [-0.15, -0.1) is 0 Å². The molecule has 6 aromatic carbocycles. The lowest BCUT2D eigenvalue weighted by Crippen LogP contribution is -2.16. The lowest BCUT2D eigenvalue weighted by molar-refractivity contribution is 0.662. The molecular formula is C38H28O. The van der Waals surface area contributed by atoms with Crippen LogP contribution in [0.3, 0.4) is 0 Å². The van der Waals surface area contributed by atoms with Gasteiger partial charge in [-0.3, -0.25) is 0 Å². The van der Waals surface area contributed by atoms with Gasteiger partial charge in [0.25, 0.3) is 0 Å². The van der Waals surface area contributed by atoms with Crippen molar-refractivity contribution in [3.63, 3.8) is 0 Å². The minimum atomic E-state index is -0.142. The van der Waals surface area contributed by atoms with Crippen LogP contribution in [0.25, 0.3) is 66.1 Å². The Bertz CT molecular complexity index is 2090. The van der Waals surface area contributed by atoms with Gasteiger partial charge in [-0.2, -0.15) is 0 Å². The van der Waals surface area contributed by atoms with E-state index in [0.29, 0.717) is 0 Å². The number of furan rings is 1. The lowest BCUT2D eigenvalue weighted by atomic mass is 9.78. The highest BCUT2D eigenvalue weighted by molar-refractivity contribution is 6.20. The molecule has 1 aliphatic rings. The predicted molar refractivity (Wildman–Crippen MR) is 164 cm³/mol. The molecule has 0 N–H and O–H groups in total. The highest BCUT2D eigenvalue weighted by atomic mass is 16.3. The Morgan fingerprint density at radius 2 is 1.26 bits per heavy atom. The zero-order chi connectivity index (χ0) is 26.3. The van der Waals surface area contributed by atoms with Gasteiger partial charge in [0.1, 0.15) is 11.2 Å². The van der Waals surface area contributed by atoms with Crippen molar-refractivity contribution in [2.24, 2.45) is 0 Å². The Morgan fingerprint density at radius 1 is 0.564 bits per heavy atom. The third-order valence-corrected chi connectivity index (χ3v) is 8.78. The lowest BCUT2D eigenvalue weighted by Gasteiger charge is -2.25. The van der Waals surface area contributed by atoms with Gasteiger partial charge >= 0.3 is 0 Å². The van der Waals surface area contributed by atoms with Gasteiger partial charge in [0.2, 0.25) is 0 Å². The molecule has 1 aromatic heterocycles. The largest absolute Gasteiger partial charge is 0.455 e. The van der Waals surface area contributed by atoms with Crippen molar-refractivity contribution in [2.45, 2.75) is 26.2 Å². The highest BCUT2D eigenvalue weighted by Gasteiger charge is 2.39. The van der Waals surface area contributed by atoms with Crippen LogP contribution in [-0.4, -0.2) is 0 Å². The summed E-state index contributed by atoms with van der Waals surface area (Å²) in [7, 11) is 0. The summed E-state index contributed by atoms with van der Waals surface area (Å²) in [5.41, 5.74) is 13.6. The molecule has 1 heteroatoms. The van der Waals surface area contributed by atoms with Crippen molar-refractivity contribution in [1.29, 1.82) is 0 Å². The second-order valence-electron chi connectivity index (χ2n) is 11.3. The molecule has 0 unspecified atom stereocenters. The van der Waals surface area contributed by atoms with Gasteiger partial charge < -0.3 is 4.42 Å². The Hall–Kier alpha value is -4.62. The maximum Gasteiger partial charge on any atom is 0.143 e. The standard InChI is InChI=1S/C38H28O/c1-23-12-9-21-33-34(23)31-22-30(26-15-7-8-16-28(26)37(31)39-33)27-18-10-19-29-35-25(24-13-5-4-6-14-24)17-11-20-32(35)38(2,3)36(27)29/h4-22H,1-3H3. The zero-order valence-corrected chi connectivity index (χ0v) is 22.4. The van der Waals surface area contributed by atoms with E-state index in [0.717, 1.165) is 16.6 Å². The molecule has 8 rings (SSSR count). The fourth-order valence-electron chi connectivity index (χ4n) is 7.06. The van der Waals surface area contributed by atoms with Crippen LogP contribution < -0.4 is 0 Å². The molecule has 0 amide bonds. The fraction of sp³-hybridized carbons (Fsp3) is 0.105. The third kappa shape index (κ3) is 3.02. The highest BCUT2D eigenvalue weighted by Crippen LogP contribution is 2.55. The molecule has 0 fully saturated rings. The van der Waals surface area contributed by atoms with Crippen LogP contribution in [0.4, 0.5) is 0 Å². The summed E-state index contributed by atoms with van der Waals surface area (Å²) in [5, 5.41) is 4.79. The van der Waals surface area contributed by atoms with E-state index < -0.39 is 0 Å². The normalized spacial score (nSPS) is 13.7. The first kappa shape index (κ1) is 22.4. The van der Waals surface area contributed by atoms with Crippen LogP contribution in [0.1, 0.15) is 30.5 Å². The molecule has 7 aromatic rings. The van der Waals surface area contributed by atoms with E-state index in [1.807, 2.05) is 0 Å². The molecule has 1 aliphatic carbocycles. The Labute approximate surface area is 228 Å². The van der Waals surface area contributed by atoms with E-state index in [9.17, 15) is 0 Å². The van der Waals surface area contributed by atoms with E-state index in [-0.39, 0.29) is 5.41 Å². The van der Waals surface area contributed by atoms with Gasteiger partial charge in [0.05, 0.1) is 0 Å². The van der Waals surface area contributed by atoms with Crippen LogP contribution in [0.5, 0.6) is 0 Å². The Kier molecular flexibility index (Phi) is 4.56. The van der Waals surface area contributed by atoms with Gasteiger partial charge in [-0.05, 0) is 74.5 Å². The van der Waals surface area contributed by atoms with Crippen LogP contribution >= 0.6 is 0 Å². The summed E-state index contributed by atoms with van der Waals surface area (Å²) >= 11 is 0. The third-order valence-electron chi connectivity index (χ3n) is 8.78. The van der Waals surface area contributed by atoms with Crippen LogP contribution in [0.15, 0.2) is 120 Å². The summed E-state index contributed by atoms with van der Waals surface area (Å²) < 4.78 is 6.49. The van der Waals surface area contributed by atoms with Crippen LogP contribution in [0.2, 0.25) is 0 Å². The first-order chi connectivity index (χ1) is 19.0. The topological polar surface area (TPSA) is 13.1 Å². The smallest absolute Gasteiger partial charge is 0.143 e. The second-order valence-corrected chi connectivity index (χ2v) is 11.3. The molecule has 0 aliphatic heterocycles. The van der Waals surface area contributed by atoms with Crippen molar-refractivity contribution >= 4 is 32.7 Å². The molecule has 0 saturated heterocycles. The van der Waals surface area contributed by atoms with E-state index in [4.69, 9.17) is 4.42 Å². The molecular weight excluding hydrogens is 472 g/mol. The minimum Gasteiger partial charge on any atom is -0.455 e. The van der Waals surface area contributed by atoms with E-state index in [2.05, 4.69) is 136 Å².